The Labute approximate surface area is 147 Å². The van der Waals surface area contributed by atoms with Crippen LogP contribution in [0.3, 0.4) is 0 Å². The van der Waals surface area contributed by atoms with Crippen LogP contribution in [0.15, 0.2) is 17.8 Å². The lowest BCUT2D eigenvalue weighted by atomic mass is 9.97. The van der Waals surface area contributed by atoms with E-state index in [1.54, 1.807) is 18.4 Å². The number of ether oxygens (including phenoxy) is 1. The second-order valence-electron chi connectivity index (χ2n) is 7.16. The van der Waals surface area contributed by atoms with E-state index in [4.69, 9.17) is 9.84 Å². The van der Waals surface area contributed by atoms with Gasteiger partial charge in [-0.1, -0.05) is 12.8 Å². The van der Waals surface area contributed by atoms with E-state index >= 15 is 0 Å². The molecule has 3 heterocycles. The second kappa shape index (κ2) is 7.33. The van der Waals surface area contributed by atoms with Crippen LogP contribution in [0.5, 0.6) is 0 Å². The predicted molar refractivity (Wildman–Crippen MR) is 95.0 cm³/mol. The van der Waals surface area contributed by atoms with E-state index in [1.165, 1.54) is 41.9 Å². The first-order valence-corrected chi connectivity index (χ1v) is 9.85. The number of methoxy groups -OCH3 is 1. The molecule has 130 valence electrons. The summed E-state index contributed by atoms with van der Waals surface area (Å²) in [7, 11) is 1.79. The van der Waals surface area contributed by atoms with Crippen molar-refractivity contribution in [1.82, 2.24) is 19.7 Å². The lowest BCUT2D eigenvalue weighted by Crippen LogP contribution is -2.34. The van der Waals surface area contributed by atoms with E-state index in [2.05, 4.69) is 26.1 Å². The summed E-state index contributed by atoms with van der Waals surface area (Å²) in [5.74, 6) is 1.18. The molecule has 2 aromatic heterocycles. The van der Waals surface area contributed by atoms with Crippen LogP contribution in [-0.2, 0) is 24.4 Å². The molecule has 0 bridgehead atoms. The van der Waals surface area contributed by atoms with E-state index in [0.717, 1.165) is 38.7 Å². The summed E-state index contributed by atoms with van der Waals surface area (Å²) in [4.78, 5) is 6.91. The SMILES string of the molecule is COCC1CN(Cc2nccs2)Cc2cn(CC3CCCC3)nc21. The van der Waals surface area contributed by atoms with Crippen molar-refractivity contribution in [2.24, 2.45) is 5.92 Å². The van der Waals surface area contributed by atoms with Crippen LogP contribution in [0.2, 0.25) is 0 Å². The standard InChI is InChI=1S/C18H26N4OS/c1-23-13-16-10-21(12-17-19-6-7-24-17)9-15-11-22(20-18(15)16)8-14-4-2-3-5-14/h6-7,11,14,16H,2-5,8-10,12-13H2,1H3. The Balaban J connectivity index is 1.50. The molecule has 1 saturated carbocycles. The smallest absolute Gasteiger partial charge is 0.107 e. The fraction of sp³-hybridized carbons (Fsp3) is 0.667. The number of nitrogens with zero attached hydrogens (tertiary/aromatic N) is 4. The van der Waals surface area contributed by atoms with Crippen molar-refractivity contribution >= 4 is 11.3 Å². The maximum Gasteiger partial charge on any atom is 0.107 e. The molecule has 0 aromatic carbocycles. The molecule has 0 N–H and O–H groups in total. The molecule has 1 unspecified atom stereocenters. The lowest BCUT2D eigenvalue weighted by Gasteiger charge is -2.30. The maximum atomic E-state index is 5.48. The Hall–Kier alpha value is -1.24. The van der Waals surface area contributed by atoms with Gasteiger partial charge in [0, 0.05) is 56.0 Å². The first-order valence-electron chi connectivity index (χ1n) is 8.97. The van der Waals surface area contributed by atoms with Gasteiger partial charge < -0.3 is 4.74 Å². The molecule has 0 radical (unpaired) electrons. The number of rotatable bonds is 6. The highest BCUT2D eigenvalue weighted by Gasteiger charge is 2.29. The lowest BCUT2D eigenvalue weighted by molar-refractivity contribution is 0.134. The highest BCUT2D eigenvalue weighted by molar-refractivity contribution is 7.09. The molecule has 24 heavy (non-hydrogen) atoms. The van der Waals surface area contributed by atoms with Crippen molar-refractivity contribution in [3.05, 3.63) is 34.0 Å². The minimum Gasteiger partial charge on any atom is -0.384 e. The predicted octanol–water partition coefficient (Wildman–Crippen LogP) is 3.28. The Morgan fingerprint density at radius 2 is 2.21 bits per heavy atom. The fourth-order valence-corrected chi connectivity index (χ4v) is 4.83. The van der Waals surface area contributed by atoms with Gasteiger partial charge in [-0.2, -0.15) is 5.10 Å². The van der Waals surface area contributed by atoms with Crippen LogP contribution in [0.25, 0.3) is 0 Å². The molecule has 2 aromatic rings. The largest absolute Gasteiger partial charge is 0.384 e. The van der Waals surface area contributed by atoms with E-state index in [-0.39, 0.29) is 0 Å². The third kappa shape index (κ3) is 3.55. The summed E-state index contributed by atoms with van der Waals surface area (Å²) >= 11 is 1.73. The number of hydrogen-bond acceptors (Lipinski definition) is 5. The number of thiazole rings is 1. The first kappa shape index (κ1) is 16.2. The average molecular weight is 347 g/mol. The molecular formula is C18H26N4OS. The quantitative estimate of drug-likeness (QED) is 0.805. The third-order valence-corrected chi connectivity index (χ3v) is 6.02. The van der Waals surface area contributed by atoms with Crippen LogP contribution in [-0.4, -0.2) is 39.9 Å². The molecule has 0 spiro atoms. The normalized spacial score (nSPS) is 22.1. The van der Waals surface area contributed by atoms with Gasteiger partial charge in [0.25, 0.3) is 0 Å². The molecule has 1 fully saturated rings. The van der Waals surface area contributed by atoms with E-state index in [1.807, 2.05) is 6.20 Å². The van der Waals surface area contributed by atoms with Crippen molar-refractivity contribution in [3.63, 3.8) is 0 Å². The zero-order valence-corrected chi connectivity index (χ0v) is 15.2. The average Bonchev–Trinajstić information content (AvgIpc) is 3.29. The Morgan fingerprint density at radius 3 is 2.96 bits per heavy atom. The van der Waals surface area contributed by atoms with Crippen LogP contribution in [0.1, 0.15) is 47.9 Å². The monoisotopic (exact) mass is 346 g/mol. The number of hydrogen-bond donors (Lipinski definition) is 0. The molecule has 0 saturated heterocycles. The Kier molecular flexibility index (Phi) is 4.96. The van der Waals surface area contributed by atoms with Gasteiger partial charge >= 0.3 is 0 Å². The molecule has 6 heteroatoms. The number of aromatic nitrogens is 3. The molecule has 0 amide bonds. The van der Waals surface area contributed by atoms with Gasteiger partial charge in [0.05, 0.1) is 18.8 Å². The molecule has 1 atom stereocenters. The summed E-state index contributed by atoms with van der Waals surface area (Å²) in [5, 5.41) is 8.18. The van der Waals surface area contributed by atoms with Gasteiger partial charge in [0.15, 0.2) is 0 Å². The van der Waals surface area contributed by atoms with Crippen molar-refractivity contribution in [3.8, 4) is 0 Å². The molecule has 5 nitrogen and oxygen atoms in total. The summed E-state index contributed by atoms with van der Waals surface area (Å²) < 4.78 is 7.68. The fourth-order valence-electron chi connectivity index (χ4n) is 4.17. The van der Waals surface area contributed by atoms with Gasteiger partial charge in [-0.05, 0) is 18.8 Å². The van der Waals surface area contributed by atoms with Crippen LogP contribution < -0.4 is 0 Å². The summed E-state index contributed by atoms with van der Waals surface area (Å²) in [6, 6.07) is 0. The van der Waals surface area contributed by atoms with Crippen LogP contribution in [0.4, 0.5) is 0 Å². The van der Waals surface area contributed by atoms with Crippen LogP contribution >= 0.6 is 11.3 Å². The molecular weight excluding hydrogens is 320 g/mol. The van der Waals surface area contributed by atoms with Gasteiger partial charge in [-0.15, -0.1) is 11.3 Å². The van der Waals surface area contributed by atoms with Gasteiger partial charge in [-0.3, -0.25) is 9.58 Å². The van der Waals surface area contributed by atoms with Gasteiger partial charge in [-0.25, -0.2) is 4.98 Å². The minimum atomic E-state index is 0.364. The molecule has 1 aliphatic carbocycles. The summed E-state index contributed by atoms with van der Waals surface area (Å²) in [5.41, 5.74) is 2.63. The Bertz CT molecular complexity index is 648. The topological polar surface area (TPSA) is 43.2 Å². The maximum absolute atomic E-state index is 5.48. The van der Waals surface area contributed by atoms with Gasteiger partial charge in [0.2, 0.25) is 0 Å². The van der Waals surface area contributed by atoms with Crippen molar-refractivity contribution in [2.75, 3.05) is 20.3 Å². The van der Waals surface area contributed by atoms with E-state index in [0.29, 0.717) is 5.92 Å². The molecule has 1 aliphatic heterocycles. The van der Waals surface area contributed by atoms with Crippen molar-refractivity contribution in [2.45, 2.75) is 51.2 Å². The molecule has 4 rings (SSSR count). The highest BCUT2D eigenvalue weighted by Crippen LogP contribution is 2.30. The van der Waals surface area contributed by atoms with Crippen molar-refractivity contribution < 1.29 is 4.74 Å². The second-order valence-corrected chi connectivity index (χ2v) is 8.14. The number of fused-ring (bicyclic) bond motifs is 1. The van der Waals surface area contributed by atoms with Crippen molar-refractivity contribution in [1.29, 1.82) is 0 Å². The zero-order valence-electron chi connectivity index (χ0n) is 14.4. The van der Waals surface area contributed by atoms with E-state index < -0.39 is 0 Å². The minimum absolute atomic E-state index is 0.364. The summed E-state index contributed by atoms with van der Waals surface area (Å²) in [6.07, 6.45) is 9.68. The third-order valence-electron chi connectivity index (χ3n) is 5.26. The Morgan fingerprint density at radius 1 is 1.33 bits per heavy atom. The summed E-state index contributed by atoms with van der Waals surface area (Å²) in [6.45, 7) is 4.72. The molecule has 2 aliphatic rings. The first-order chi connectivity index (χ1) is 11.8. The van der Waals surface area contributed by atoms with Crippen LogP contribution in [0, 0.1) is 5.92 Å². The van der Waals surface area contributed by atoms with Gasteiger partial charge in [0.1, 0.15) is 5.01 Å². The highest BCUT2D eigenvalue weighted by atomic mass is 32.1. The van der Waals surface area contributed by atoms with E-state index in [9.17, 15) is 0 Å². The zero-order chi connectivity index (χ0) is 16.4.